The van der Waals surface area contributed by atoms with Crippen molar-refractivity contribution in [2.45, 2.75) is 57.0 Å². The highest BCUT2D eigenvalue weighted by Crippen LogP contribution is 2.22. The second kappa shape index (κ2) is 6.27. The molecule has 0 atom stereocenters. The summed E-state index contributed by atoms with van der Waals surface area (Å²) in [5.74, 6) is 6.39. The van der Waals surface area contributed by atoms with Crippen molar-refractivity contribution in [1.29, 1.82) is 0 Å². The van der Waals surface area contributed by atoms with E-state index in [1.54, 1.807) is 0 Å². The molecular weight excluding hydrogens is 248 g/mol. The van der Waals surface area contributed by atoms with Gasteiger partial charge in [0.1, 0.15) is 0 Å². The molecule has 0 aromatic heterocycles. The Morgan fingerprint density at radius 2 is 1.70 bits per heavy atom. The lowest BCUT2D eigenvalue weighted by atomic mass is 9.96. The van der Waals surface area contributed by atoms with Crippen LogP contribution in [-0.4, -0.2) is 18.0 Å². The van der Waals surface area contributed by atoms with Crippen LogP contribution in [0.3, 0.4) is 0 Å². The molecule has 3 rings (SSSR count). The maximum Gasteiger partial charge on any atom is 0.206 e. The van der Waals surface area contributed by atoms with E-state index >= 15 is 0 Å². The molecule has 0 saturated heterocycles. The molecule has 4 heteroatoms. The number of nitrogens with two attached hydrogens (primary N) is 1. The van der Waals surface area contributed by atoms with Crippen LogP contribution in [0.4, 0.5) is 0 Å². The van der Waals surface area contributed by atoms with E-state index in [1.807, 2.05) is 0 Å². The number of aliphatic imine (C=N–C) groups is 1. The highest BCUT2D eigenvalue weighted by Gasteiger charge is 2.22. The Bertz CT molecular complexity index is 452. The minimum absolute atomic E-state index is 0.408. The Morgan fingerprint density at radius 1 is 1.05 bits per heavy atom. The van der Waals surface area contributed by atoms with Gasteiger partial charge in [-0.3, -0.25) is 5.43 Å². The van der Waals surface area contributed by atoms with E-state index in [0.29, 0.717) is 12.1 Å². The van der Waals surface area contributed by atoms with Gasteiger partial charge in [0.25, 0.3) is 0 Å². The summed E-state index contributed by atoms with van der Waals surface area (Å²) in [6.45, 7) is 0. The average molecular weight is 272 g/mol. The predicted molar refractivity (Wildman–Crippen MR) is 82.4 cm³/mol. The first-order valence-corrected chi connectivity index (χ1v) is 7.73. The molecule has 0 amide bonds. The zero-order valence-electron chi connectivity index (χ0n) is 11.9. The van der Waals surface area contributed by atoms with Crippen LogP contribution >= 0.6 is 0 Å². The summed E-state index contributed by atoms with van der Waals surface area (Å²) in [5.41, 5.74) is 5.63. The van der Waals surface area contributed by atoms with E-state index < -0.39 is 0 Å². The molecule has 0 unspecified atom stereocenters. The number of fused-ring (bicyclic) bond motifs is 1. The zero-order valence-corrected chi connectivity index (χ0v) is 11.9. The second-order valence-electron chi connectivity index (χ2n) is 5.93. The van der Waals surface area contributed by atoms with Gasteiger partial charge in [0.05, 0.1) is 6.04 Å². The van der Waals surface area contributed by atoms with Gasteiger partial charge in [0.15, 0.2) is 0 Å². The molecule has 20 heavy (non-hydrogen) atoms. The number of hydrogen-bond acceptors (Lipinski definition) is 2. The fraction of sp³-hybridized carbons (Fsp3) is 0.562. The van der Waals surface area contributed by atoms with Crippen LogP contribution in [0.25, 0.3) is 0 Å². The number of benzene rings is 1. The molecule has 0 spiro atoms. The van der Waals surface area contributed by atoms with Crippen molar-refractivity contribution in [3.05, 3.63) is 35.4 Å². The van der Waals surface area contributed by atoms with Gasteiger partial charge in [-0.15, -0.1) is 0 Å². The number of rotatable bonds is 2. The lowest BCUT2D eigenvalue weighted by molar-refractivity contribution is 0.440. The maximum atomic E-state index is 5.63. The van der Waals surface area contributed by atoms with Crippen LogP contribution < -0.4 is 16.6 Å². The third-order valence-corrected chi connectivity index (χ3v) is 4.41. The Kier molecular flexibility index (Phi) is 4.21. The molecule has 4 N–H and O–H groups in total. The van der Waals surface area contributed by atoms with Crippen molar-refractivity contribution in [1.82, 2.24) is 10.7 Å². The Hall–Kier alpha value is -1.55. The topological polar surface area (TPSA) is 62.4 Å². The van der Waals surface area contributed by atoms with E-state index in [2.05, 4.69) is 35.0 Å². The summed E-state index contributed by atoms with van der Waals surface area (Å²) in [6, 6.07) is 9.49. The summed E-state index contributed by atoms with van der Waals surface area (Å²) in [7, 11) is 0. The number of nitrogens with one attached hydrogen (secondary N) is 2. The van der Waals surface area contributed by atoms with Gasteiger partial charge in [-0.25, -0.2) is 10.8 Å². The predicted octanol–water partition coefficient (Wildman–Crippen LogP) is 1.90. The Morgan fingerprint density at radius 3 is 2.30 bits per heavy atom. The average Bonchev–Trinajstić information content (AvgIpc) is 2.90. The lowest BCUT2D eigenvalue weighted by Crippen LogP contribution is -2.47. The molecule has 0 heterocycles. The van der Waals surface area contributed by atoms with Crippen molar-refractivity contribution in [3.63, 3.8) is 0 Å². The van der Waals surface area contributed by atoms with Crippen molar-refractivity contribution in [2.24, 2.45) is 10.8 Å². The van der Waals surface area contributed by atoms with Gasteiger partial charge in [-0.05, 0) is 36.8 Å². The molecule has 0 aliphatic heterocycles. The molecule has 1 fully saturated rings. The van der Waals surface area contributed by atoms with Gasteiger partial charge in [0.2, 0.25) is 5.96 Å². The van der Waals surface area contributed by atoms with Gasteiger partial charge in [-0.1, -0.05) is 43.5 Å². The Labute approximate surface area is 120 Å². The summed E-state index contributed by atoms with van der Waals surface area (Å²) >= 11 is 0. The van der Waals surface area contributed by atoms with Gasteiger partial charge in [0, 0.05) is 6.04 Å². The molecule has 2 aliphatic rings. The summed E-state index contributed by atoms with van der Waals surface area (Å²) < 4.78 is 0. The zero-order chi connectivity index (χ0) is 13.8. The van der Waals surface area contributed by atoms with Gasteiger partial charge >= 0.3 is 0 Å². The number of guanidine groups is 1. The van der Waals surface area contributed by atoms with Gasteiger partial charge in [-0.2, -0.15) is 0 Å². The van der Waals surface area contributed by atoms with E-state index in [-0.39, 0.29) is 0 Å². The first kappa shape index (κ1) is 13.4. The number of hydrogen-bond donors (Lipinski definition) is 3. The first-order valence-electron chi connectivity index (χ1n) is 7.73. The quantitative estimate of drug-likeness (QED) is 0.333. The standard InChI is InChI=1S/C16H24N4/c17-20-16(18-14-8-2-1-3-9-14)19-15-10-12-6-4-5-7-13(12)11-15/h4-7,14-15H,1-3,8-11,17H2,(H2,18,19,20). The van der Waals surface area contributed by atoms with E-state index in [0.717, 1.165) is 18.8 Å². The summed E-state index contributed by atoms with van der Waals surface area (Å²) in [6.07, 6.45) is 8.43. The maximum absolute atomic E-state index is 5.63. The lowest BCUT2D eigenvalue weighted by Gasteiger charge is -2.21. The van der Waals surface area contributed by atoms with Crippen LogP contribution in [0.2, 0.25) is 0 Å². The highest BCUT2D eigenvalue weighted by molar-refractivity contribution is 5.79. The number of nitrogens with zero attached hydrogens (tertiary/aromatic N) is 1. The van der Waals surface area contributed by atoms with Gasteiger partial charge < -0.3 is 5.32 Å². The van der Waals surface area contributed by atoms with E-state index in [4.69, 9.17) is 10.8 Å². The minimum Gasteiger partial charge on any atom is -0.352 e. The summed E-state index contributed by atoms with van der Waals surface area (Å²) in [4.78, 5) is 4.75. The minimum atomic E-state index is 0.408. The molecule has 0 radical (unpaired) electrons. The van der Waals surface area contributed by atoms with Crippen LogP contribution in [0.1, 0.15) is 43.2 Å². The molecular formula is C16H24N4. The smallest absolute Gasteiger partial charge is 0.206 e. The van der Waals surface area contributed by atoms with E-state index in [1.165, 1.54) is 43.2 Å². The molecule has 1 aromatic rings. The van der Waals surface area contributed by atoms with Crippen LogP contribution in [0.5, 0.6) is 0 Å². The van der Waals surface area contributed by atoms with Crippen LogP contribution in [0, 0.1) is 0 Å². The molecule has 0 bridgehead atoms. The fourth-order valence-electron chi connectivity index (χ4n) is 3.36. The highest BCUT2D eigenvalue weighted by atomic mass is 15.3. The van der Waals surface area contributed by atoms with Crippen molar-refractivity contribution >= 4 is 5.96 Å². The van der Waals surface area contributed by atoms with Crippen molar-refractivity contribution in [3.8, 4) is 0 Å². The normalized spacial score (nSPS) is 20.8. The SMILES string of the molecule is NNC(=NC1CCCCC1)NC1Cc2ccccc2C1. The first-order chi connectivity index (χ1) is 9.85. The van der Waals surface area contributed by atoms with Crippen LogP contribution in [-0.2, 0) is 12.8 Å². The molecule has 4 nitrogen and oxygen atoms in total. The third-order valence-electron chi connectivity index (χ3n) is 4.41. The third kappa shape index (κ3) is 3.12. The van der Waals surface area contributed by atoms with Crippen molar-refractivity contribution in [2.75, 3.05) is 0 Å². The van der Waals surface area contributed by atoms with Crippen LogP contribution in [0.15, 0.2) is 29.3 Å². The molecule has 2 aliphatic carbocycles. The molecule has 1 aromatic carbocycles. The summed E-state index contributed by atoms with van der Waals surface area (Å²) in [5, 5.41) is 3.47. The van der Waals surface area contributed by atoms with E-state index in [9.17, 15) is 0 Å². The largest absolute Gasteiger partial charge is 0.352 e. The van der Waals surface area contributed by atoms with Crippen molar-refractivity contribution < 1.29 is 0 Å². The molecule has 1 saturated carbocycles. The second-order valence-corrected chi connectivity index (χ2v) is 5.93. The Balaban J connectivity index is 1.60. The molecule has 108 valence electrons. The number of hydrazine groups is 1. The fourth-order valence-corrected chi connectivity index (χ4v) is 3.36. The monoisotopic (exact) mass is 272 g/mol.